The molecule has 0 saturated heterocycles. The molecule has 1 aliphatic carbocycles. The van der Waals surface area contributed by atoms with Crippen LogP contribution in [0.5, 0.6) is 0 Å². The largest absolute Gasteiger partial charge is 0.465 e. The van der Waals surface area contributed by atoms with E-state index in [0.29, 0.717) is 16.3 Å². The summed E-state index contributed by atoms with van der Waals surface area (Å²) in [5, 5.41) is 5.60. The van der Waals surface area contributed by atoms with Crippen LogP contribution in [0.2, 0.25) is 0 Å². The molecule has 0 bridgehead atoms. The van der Waals surface area contributed by atoms with E-state index in [0.717, 1.165) is 16.9 Å². The van der Waals surface area contributed by atoms with Crippen molar-refractivity contribution in [3.05, 3.63) is 51.2 Å². The fourth-order valence-electron chi connectivity index (χ4n) is 2.71. The zero-order valence-corrected chi connectivity index (χ0v) is 16.1. The summed E-state index contributed by atoms with van der Waals surface area (Å²) >= 11 is 1.34. The molecule has 136 valence electrons. The van der Waals surface area contributed by atoms with Gasteiger partial charge in [-0.05, 0) is 41.2 Å². The monoisotopic (exact) mass is 370 g/mol. The van der Waals surface area contributed by atoms with Crippen molar-refractivity contribution in [2.75, 3.05) is 17.7 Å². The molecule has 0 unspecified atom stereocenters. The maximum atomic E-state index is 12.4. The van der Waals surface area contributed by atoms with E-state index in [1.807, 2.05) is 30.3 Å². The first-order chi connectivity index (χ1) is 12.3. The molecule has 2 N–H and O–H groups in total. The highest BCUT2D eigenvalue weighted by molar-refractivity contribution is 7.14. The van der Waals surface area contributed by atoms with Gasteiger partial charge < -0.3 is 15.4 Å². The van der Waals surface area contributed by atoms with Crippen molar-refractivity contribution in [3.63, 3.8) is 0 Å². The van der Waals surface area contributed by atoms with E-state index in [1.165, 1.54) is 24.0 Å². The van der Waals surface area contributed by atoms with Crippen LogP contribution in [0.15, 0.2) is 30.3 Å². The summed E-state index contributed by atoms with van der Waals surface area (Å²) in [6.07, 6.45) is 5.06. The minimum atomic E-state index is -0.455. The number of benzene rings is 1. The molecule has 0 spiro atoms. The van der Waals surface area contributed by atoms with E-state index in [2.05, 4.69) is 37.5 Å². The van der Waals surface area contributed by atoms with E-state index in [4.69, 9.17) is 4.74 Å². The first-order valence-corrected chi connectivity index (χ1v) is 9.19. The molecule has 0 saturated carbocycles. The summed E-state index contributed by atoms with van der Waals surface area (Å²) in [5.41, 5.74) is 3.40. The minimum absolute atomic E-state index is 0.129. The Hall–Kier alpha value is -2.60. The van der Waals surface area contributed by atoms with Crippen LogP contribution >= 0.6 is 11.3 Å². The van der Waals surface area contributed by atoms with Crippen molar-refractivity contribution in [1.29, 1.82) is 0 Å². The molecule has 26 heavy (non-hydrogen) atoms. The Kier molecular flexibility index (Phi) is 4.87. The normalized spacial score (nSPS) is 12.6. The molecule has 2 aromatic rings. The zero-order chi connectivity index (χ0) is 18.9. The van der Waals surface area contributed by atoms with Crippen molar-refractivity contribution < 1.29 is 14.3 Å². The summed E-state index contributed by atoms with van der Waals surface area (Å²) in [6, 6.07) is 7.26. The van der Waals surface area contributed by atoms with Crippen molar-refractivity contribution in [3.8, 4) is 0 Å². The van der Waals surface area contributed by atoms with E-state index in [-0.39, 0.29) is 5.41 Å². The van der Waals surface area contributed by atoms with Gasteiger partial charge in [-0.1, -0.05) is 39.0 Å². The number of allylic oxidation sites excluding steroid dienone is 1. The van der Waals surface area contributed by atoms with Gasteiger partial charge in [0.05, 0.1) is 12.8 Å². The molecule has 2 amide bonds. The van der Waals surface area contributed by atoms with Crippen LogP contribution in [-0.2, 0) is 16.6 Å². The van der Waals surface area contributed by atoms with Crippen LogP contribution in [0, 0.1) is 0 Å². The lowest BCUT2D eigenvalue weighted by atomic mass is 9.94. The molecule has 5 nitrogen and oxygen atoms in total. The number of carbonyl (C=O) groups is 2. The number of nitrogens with one attached hydrogen (secondary N) is 2. The molecule has 0 aliphatic heterocycles. The van der Waals surface area contributed by atoms with Crippen LogP contribution in [-0.4, -0.2) is 19.1 Å². The van der Waals surface area contributed by atoms with E-state index in [1.54, 1.807) is 0 Å². The zero-order valence-electron chi connectivity index (χ0n) is 15.3. The molecule has 1 heterocycles. The van der Waals surface area contributed by atoms with E-state index >= 15 is 0 Å². The number of carbonyl (C=O) groups excluding carboxylic acids is 2. The Labute approximate surface area is 157 Å². The third-order valence-corrected chi connectivity index (χ3v) is 5.67. The summed E-state index contributed by atoms with van der Waals surface area (Å²) < 4.78 is 4.85. The average molecular weight is 370 g/mol. The van der Waals surface area contributed by atoms with Gasteiger partial charge in [0.15, 0.2) is 0 Å². The summed E-state index contributed by atoms with van der Waals surface area (Å²) in [5.74, 6) is -0.455. The number of methoxy groups -OCH3 is 1. The number of fused-ring (bicyclic) bond motifs is 1. The highest BCUT2D eigenvalue weighted by atomic mass is 32.1. The van der Waals surface area contributed by atoms with Crippen molar-refractivity contribution >= 4 is 40.8 Å². The number of urea groups is 1. The quantitative estimate of drug-likeness (QED) is 0.743. The van der Waals surface area contributed by atoms with Crippen molar-refractivity contribution in [2.45, 2.75) is 32.6 Å². The molecule has 1 aromatic carbocycles. The number of amides is 2. The lowest BCUT2D eigenvalue weighted by Crippen LogP contribution is -2.20. The van der Waals surface area contributed by atoms with Gasteiger partial charge in [-0.15, -0.1) is 11.3 Å². The highest BCUT2D eigenvalue weighted by Crippen LogP contribution is 2.36. The molecular weight excluding hydrogens is 348 g/mol. The van der Waals surface area contributed by atoms with Gasteiger partial charge in [0.25, 0.3) is 0 Å². The summed E-state index contributed by atoms with van der Waals surface area (Å²) in [6.45, 7) is 6.17. The number of ether oxygens (including phenoxy) is 1. The van der Waals surface area contributed by atoms with Crippen LogP contribution < -0.4 is 10.6 Å². The lowest BCUT2D eigenvalue weighted by molar-refractivity contribution is 0.0607. The SMILES string of the molecule is COC(=O)c1sc(C(C)(C)C)cc1NC(=O)Nc1ccc2c(c1)C=CC2. The number of rotatable bonds is 3. The Balaban J connectivity index is 1.79. The molecular formula is C20H22N2O3S. The van der Waals surface area contributed by atoms with Gasteiger partial charge in [0.1, 0.15) is 4.88 Å². The highest BCUT2D eigenvalue weighted by Gasteiger charge is 2.24. The molecule has 0 atom stereocenters. The third kappa shape index (κ3) is 3.80. The Morgan fingerprint density at radius 1 is 1.15 bits per heavy atom. The van der Waals surface area contributed by atoms with Crippen LogP contribution in [0.3, 0.4) is 0 Å². The Morgan fingerprint density at radius 3 is 2.62 bits per heavy atom. The van der Waals surface area contributed by atoms with Gasteiger partial charge in [0, 0.05) is 10.6 Å². The van der Waals surface area contributed by atoms with E-state index < -0.39 is 12.0 Å². The second-order valence-corrected chi connectivity index (χ2v) is 8.25. The minimum Gasteiger partial charge on any atom is -0.465 e. The molecule has 0 radical (unpaired) electrons. The van der Waals surface area contributed by atoms with Gasteiger partial charge in [-0.3, -0.25) is 0 Å². The fraction of sp³-hybridized carbons (Fsp3) is 0.300. The average Bonchev–Trinajstić information content (AvgIpc) is 3.20. The first-order valence-electron chi connectivity index (χ1n) is 8.38. The molecule has 1 aliphatic rings. The van der Waals surface area contributed by atoms with Crippen LogP contribution in [0.4, 0.5) is 16.2 Å². The Morgan fingerprint density at radius 2 is 1.92 bits per heavy atom. The number of hydrogen-bond acceptors (Lipinski definition) is 4. The fourth-order valence-corrected chi connectivity index (χ4v) is 3.80. The number of esters is 1. The number of anilines is 2. The first kappa shape index (κ1) is 18.2. The van der Waals surface area contributed by atoms with Crippen LogP contribution in [0.1, 0.15) is 46.4 Å². The number of thiophene rings is 1. The smallest absolute Gasteiger partial charge is 0.350 e. The maximum Gasteiger partial charge on any atom is 0.350 e. The lowest BCUT2D eigenvalue weighted by Gasteiger charge is -2.15. The summed E-state index contributed by atoms with van der Waals surface area (Å²) in [4.78, 5) is 25.9. The van der Waals surface area contributed by atoms with Gasteiger partial charge in [0.2, 0.25) is 0 Å². The maximum absolute atomic E-state index is 12.4. The van der Waals surface area contributed by atoms with Crippen molar-refractivity contribution in [2.24, 2.45) is 0 Å². The number of hydrogen-bond donors (Lipinski definition) is 2. The second-order valence-electron chi connectivity index (χ2n) is 7.19. The molecule has 1 aromatic heterocycles. The van der Waals surface area contributed by atoms with Gasteiger partial charge in [-0.25, -0.2) is 9.59 Å². The Bertz CT molecular complexity index is 891. The molecule has 3 rings (SSSR count). The van der Waals surface area contributed by atoms with E-state index in [9.17, 15) is 9.59 Å². The molecule has 0 fully saturated rings. The van der Waals surface area contributed by atoms with Gasteiger partial charge >= 0.3 is 12.0 Å². The van der Waals surface area contributed by atoms with Gasteiger partial charge in [-0.2, -0.15) is 0 Å². The standard InChI is InChI=1S/C20H22N2O3S/c1-20(2,3)16-11-15(17(26-16)18(23)25-4)22-19(24)21-14-9-8-12-6-5-7-13(12)10-14/h5,7-11H,6H2,1-4H3,(H2,21,22,24). The summed E-state index contributed by atoms with van der Waals surface area (Å²) in [7, 11) is 1.33. The third-order valence-electron chi connectivity index (χ3n) is 4.13. The predicted molar refractivity (Wildman–Crippen MR) is 106 cm³/mol. The predicted octanol–water partition coefficient (Wildman–Crippen LogP) is 5.05. The second kappa shape index (κ2) is 6.96. The topological polar surface area (TPSA) is 67.4 Å². The van der Waals surface area contributed by atoms with Crippen molar-refractivity contribution in [1.82, 2.24) is 0 Å². The van der Waals surface area contributed by atoms with Crippen LogP contribution in [0.25, 0.3) is 6.08 Å². The molecule has 6 heteroatoms.